The molecule has 1 fully saturated rings. The van der Waals surface area contributed by atoms with Crippen LogP contribution in [0.15, 0.2) is 54.6 Å². The van der Waals surface area contributed by atoms with Crippen LogP contribution in [0.5, 0.6) is 0 Å². The summed E-state index contributed by atoms with van der Waals surface area (Å²) < 4.78 is 40.1. The Balaban J connectivity index is 1.85. The van der Waals surface area contributed by atoms with Crippen molar-refractivity contribution in [2.75, 3.05) is 17.1 Å². The van der Waals surface area contributed by atoms with Crippen molar-refractivity contribution in [3.05, 3.63) is 66.0 Å². The van der Waals surface area contributed by atoms with Gasteiger partial charge >= 0.3 is 0 Å². The molecule has 2 aromatic carbocycles. The van der Waals surface area contributed by atoms with Gasteiger partial charge in [0, 0.05) is 12.6 Å². The van der Waals surface area contributed by atoms with Gasteiger partial charge in [-0.3, -0.25) is 13.9 Å². The summed E-state index contributed by atoms with van der Waals surface area (Å²) in [7, 11) is -3.97. The molecular formula is C25H32FN3O4S. The summed E-state index contributed by atoms with van der Waals surface area (Å²) in [5.74, 6) is -1.63. The molecule has 0 aromatic heterocycles. The van der Waals surface area contributed by atoms with E-state index in [0.29, 0.717) is 0 Å². The predicted octanol–water partition coefficient (Wildman–Crippen LogP) is 3.46. The number of benzene rings is 2. The van der Waals surface area contributed by atoms with Crippen LogP contribution >= 0.6 is 0 Å². The van der Waals surface area contributed by atoms with E-state index in [9.17, 15) is 22.4 Å². The number of nitrogens with one attached hydrogen (secondary N) is 1. The lowest BCUT2D eigenvalue weighted by atomic mass is 9.95. The maximum absolute atomic E-state index is 14.4. The first kappa shape index (κ1) is 25.7. The van der Waals surface area contributed by atoms with E-state index >= 15 is 0 Å². The highest BCUT2D eigenvalue weighted by Crippen LogP contribution is 2.22. The highest BCUT2D eigenvalue weighted by molar-refractivity contribution is 7.92. The number of rotatable bonds is 9. The number of hydrogen-bond acceptors (Lipinski definition) is 4. The van der Waals surface area contributed by atoms with Crippen LogP contribution in [0, 0.1) is 5.82 Å². The second-order valence-electron chi connectivity index (χ2n) is 8.75. The zero-order valence-electron chi connectivity index (χ0n) is 19.6. The van der Waals surface area contributed by atoms with E-state index in [1.165, 1.54) is 23.1 Å². The molecule has 0 aliphatic heterocycles. The maximum Gasteiger partial charge on any atom is 0.244 e. The van der Waals surface area contributed by atoms with Gasteiger partial charge in [0.1, 0.15) is 18.4 Å². The van der Waals surface area contributed by atoms with Gasteiger partial charge in [0.15, 0.2) is 0 Å². The summed E-state index contributed by atoms with van der Waals surface area (Å²) in [5.41, 5.74) is 0.585. The minimum absolute atomic E-state index is 0.0725. The van der Waals surface area contributed by atoms with Crippen LogP contribution < -0.4 is 9.62 Å². The third-order valence-electron chi connectivity index (χ3n) is 6.11. The zero-order valence-corrected chi connectivity index (χ0v) is 20.4. The second-order valence-corrected chi connectivity index (χ2v) is 10.7. The molecule has 1 saturated carbocycles. The molecule has 1 unspecified atom stereocenters. The minimum atomic E-state index is -3.97. The van der Waals surface area contributed by atoms with Gasteiger partial charge in [-0.15, -0.1) is 0 Å². The topological polar surface area (TPSA) is 86.8 Å². The molecule has 1 N–H and O–H groups in total. The van der Waals surface area contributed by atoms with Gasteiger partial charge in [0.25, 0.3) is 0 Å². The van der Waals surface area contributed by atoms with E-state index in [2.05, 4.69) is 5.32 Å². The Morgan fingerprint density at radius 2 is 1.65 bits per heavy atom. The van der Waals surface area contributed by atoms with Crippen molar-refractivity contribution in [1.29, 1.82) is 0 Å². The van der Waals surface area contributed by atoms with Crippen LogP contribution in [0.2, 0.25) is 0 Å². The van der Waals surface area contributed by atoms with Gasteiger partial charge in [-0.1, -0.05) is 61.7 Å². The van der Waals surface area contributed by atoms with Crippen molar-refractivity contribution in [2.24, 2.45) is 0 Å². The van der Waals surface area contributed by atoms with Crippen molar-refractivity contribution in [1.82, 2.24) is 10.2 Å². The molecule has 3 rings (SSSR count). The first-order valence-corrected chi connectivity index (χ1v) is 13.4. The minimum Gasteiger partial charge on any atom is -0.352 e. The molecule has 2 aromatic rings. The van der Waals surface area contributed by atoms with Crippen LogP contribution in [0.4, 0.5) is 10.1 Å². The fraction of sp³-hybridized carbons (Fsp3) is 0.440. The van der Waals surface area contributed by atoms with Gasteiger partial charge in [-0.05, 0) is 37.5 Å². The molecule has 0 radical (unpaired) electrons. The van der Waals surface area contributed by atoms with Gasteiger partial charge in [-0.2, -0.15) is 0 Å². The molecule has 0 bridgehead atoms. The summed E-state index contributed by atoms with van der Waals surface area (Å²) in [5, 5.41) is 3.04. The molecule has 9 heteroatoms. The van der Waals surface area contributed by atoms with Crippen molar-refractivity contribution >= 4 is 27.5 Å². The lowest BCUT2D eigenvalue weighted by molar-refractivity contribution is -0.139. The number of amides is 2. The number of sulfonamides is 1. The van der Waals surface area contributed by atoms with Crippen LogP contribution in [0.25, 0.3) is 0 Å². The molecule has 34 heavy (non-hydrogen) atoms. The summed E-state index contributed by atoms with van der Waals surface area (Å²) in [6.45, 7) is 1.13. The van der Waals surface area contributed by atoms with Gasteiger partial charge in [0.2, 0.25) is 21.8 Å². The predicted molar refractivity (Wildman–Crippen MR) is 130 cm³/mol. The molecule has 7 nitrogen and oxygen atoms in total. The Kier molecular flexibility index (Phi) is 8.66. The first-order chi connectivity index (χ1) is 16.2. The van der Waals surface area contributed by atoms with Gasteiger partial charge in [-0.25, -0.2) is 12.8 Å². The van der Waals surface area contributed by atoms with Gasteiger partial charge in [0.05, 0.1) is 11.9 Å². The van der Waals surface area contributed by atoms with E-state index in [-0.39, 0.29) is 24.2 Å². The number of anilines is 1. The van der Waals surface area contributed by atoms with Crippen LogP contribution in [-0.2, 0) is 26.2 Å². The number of para-hydroxylation sites is 1. The Bertz CT molecular complexity index is 1090. The Morgan fingerprint density at radius 1 is 1.03 bits per heavy atom. The SMILES string of the molecule is CC(C(=O)NC1CCCCC1)N(Cc1ccccc1)C(=O)CN(c1ccccc1F)S(C)(=O)=O. The highest BCUT2D eigenvalue weighted by atomic mass is 32.2. The summed E-state index contributed by atoms with van der Waals surface area (Å²) in [6, 6.07) is 13.8. The second kappa shape index (κ2) is 11.5. The normalized spacial score (nSPS) is 15.4. The highest BCUT2D eigenvalue weighted by Gasteiger charge is 2.31. The van der Waals surface area contributed by atoms with Crippen molar-refractivity contribution in [3.8, 4) is 0 Å². The zero-order chi connectivity index (χ0) is 24.7. The number of carbonyl (C=O) groups is 2. The number of nitrogens with zero attached hydrogens (tertiary/aromatic N) is 2. The Hall–Kier alpha value is -2.94. The number of halogens is 1. The van der Waals surface area contributed by atoms with E-state index in [1.54, 1.807) is 6.92 Å². The first-order valence-electron chi connectivity index (χ1n) is 11.5. The average molecular weight is 490 g/mol. The van der Waals surface area contributed by atoms with E-state index in [4.69, 9.17) is 0 Å². The monoisotopic (exact) mass is 489 g/mol. The standard InChI is InChI=1S/C25H32FN3O4S/c1-19(25(31)27-21-13-7-4-8-14-21)28(17-20-11-5-3-6-12-20)24(30)18-29(34(2,32)33)23-16-10-9-15-22(23)26/h3,5-6,9-12,15-16,19,21H,4,7-8,13-14,17-18H2,1-2H3,(H,27,31). The van der Waals surface area contributed by atoms with Gasteiger partial charge < -0.3 is 10.2 Å². The fourth-order valence-electron chi connectivity index (χ4n) is 4.18. The number of hydrogen-bond donors (Lipinski definition) is 1. The summed E-state index contributed by atoms with van der Waals surface area (Å²) in [4.78, 5) is 27.9. The Morgan fingerprint density at radius 3 is 2.26 bits per heavy atom. The molecule has 1 aliphatic rings. The smallest absolute Gasteiger partial charge is 0.244 e. The Labute approximate surface area is 201 Å². The largest absolute Gasteiger partial charge is 0.352 e. The molecule has 184 valence electrons. The lowest BCUT2D eigenvalue weighted by Crippen LogP contribution is -2.53. The lowest BCUT2D eigenvalue weighted by Gasteiger charge is -2.33. The van der Waals surface area contributed by atoms with Crippen LogP contribution in [0.3, 0.4) is 0 Å². The van der Waals surface area contributed by atoms with E-state index < -0.39 is 34.3 Å². The quantitative estimate of drug-likeness (QED) is 0.585. The molecule has 1 atom stereocenters. The molecule has 2 amide bonds. The van der Waals surface area contributed by atoms with Crippen molar-refractivity contribution in [3.63, 3.8) is 0 Å². The maximum atomic E-state index is 14.4. The van der Waals surface area contributed by atoms with E-state index in [0.717, 1.165) is 54.3 Å². The van der Waals surface area contributed by atoms with Crippen LogP contribution in [-0.4, -0.2) is 50.0 Å². The molecule has 1 aliphatic carbocycles. The van der Waals surface area contributed by atoms with E-state index in [1.807, 2.05) is 30.3 Å². The number of carbonyl (C=O) groups excluding carboxylic acids is 2. The van der Waals surface area contributed by atoms with Crippen molar-refractivity contribution < 1.29 is 22.4 Å². The van der Waals surface area contributed by atoms with Crippen molar-refractivity contribution in [2.45, 2.75) is 57.7 Å². The van der Waals surface area contributed by atoms with Crippen LogP contribution in [0.1, 0.15) is 44.6 Å². The molecule has 0 saturated heterocycles. The summed E-state index contributed by atoms with van der Waals surface area (Å²) >= 11 is 0. The third-order valence-corrected chi connectivity index (χ3v) is 7.24. The molecule has 0 spiro atoms. The molecule has 0 heterocycles. The molecular weight excluding hydrogens is 457 g/mol. The summed E-state index contributed by atoms with van der Waals surface area (Å²) in [6.07, 6.45) is 5.99. The third kappa shape index (κ3) is 6.79. The fourth-order valence-corrected chi connectivity index (χ4v) is 5.03. The average Bonchev–Trinajstić information content (AvgIpc) is 2.81.